The average molecular weight is 301 g/mol. The number of ether oxygens (including phenoxy) is 3. The summed E-state index contributed by atoms with van der Waals surface area (Å²) >= 11 is 0. The van der Waals surface area contributed by atoms with Crippen molar-refractivity contribution in [2.24, 2.45) is 0 Å². The van der Waals surface area contributed by atoms with Crippen molar-refractivity contribution in [3.05, 3.63) is 47.0 Å². The van der Waals surface area contributed by atoms with Gasteiger partial charge in [0.05, 0.1) is 21.3 Å². The second-order valence-corrected chi connectivity index (χ2v) is 5.15. The Balaban J connectivity index is 2.26. The molecular weight excluding hydrogens is 278 g/mol. The minimum absolute atomic E-state index is 0.612. The Hall–Kier alpha value is -2.36. The second-order valence-electron chi connectivity index (χ2n) is 5.15. The van der Waals surface area contributed by atoms with Crippen molar-refractivity contribution in [1.82, 2.24) is 0 Å². The molecule has 0 fully saturated rings. The molecule has 0 aliphatic heterocycles. The lowest BCUT2D eigenvalue weighted by molar-refractivity contribution is 0.324. The highest BCUT2D eigenvalue weighted by Crippen LogP contribution is 2.38. The Kier molecular flexibility index (Phi) is 5.15. The molecule has 2 aromatic carbocycles. The molecule has 0 saturated carbocycles. The SMILES string of the molecule is COc1cc(CNc2c(C)cccc2C)cc(OC)c1OC. The molecule has 0 atom stereocenters. The van der Waals surface area contributed by atoms with Crippen LogP contribution in [0.1, 0.15) is 16.7 Å². The molecule has 4 heteroatoms. The predicted molar refractivity (Wildman–Crippen MR) is 89.3 cm³/mol. The Morgan fingerprint density at radius 3 is 1.86 bits per heavy atom. The summed E-state index contributed by atoms with van der Waals surface area (Å²) in [6.45, 7) is 4.89. The van der Waals surface area contributed by atoms with Crippen molar-refractivity contribution < 1.29 is 14.2 Å². The lowest BCUT2D eigenvalue weighted by atomic mass is 10.1. The fourth-order valence-electron chi connectivity index (χ4n) is 2.52. The van der Waals surface area contributed by atoms with Crippen LogP contribution in [0.25, 0.3) is 0 Å². The van der Waals surface area contributed by atoms with Gasteiger partial charge < -0.3 is 19.5 Å². The quantitative estimate of drug-likeness (QED) is 0.877. The summed E-state index contributed by atoms with van der Waals surface area (Å²) < 4.78 is 16.1. The van der Waals surface area contributed by atoms with E-state index in [4.69, 9.17) is 14.2 Å². The number of hydrogen-bond donors (Lipinski definition) is 1. The van der Waals surface area contributed by atoms with E-state index in [9.17, 15) is 0 Å². The molecule has 22 heavy (non-hydrogen) atoms. The molecule has 0 saturated heterocycles. The van der Waals surface area contributed by atoms with Crippen molar-refractivity contribution in [2.45, 2.75) is 20.4 Å². The zero-order valence-electron chi connectivity index (χ0n) is 13.8. The number of aryl methyl sites for hydroxylation is 2. The van der Waals surface area contributed by atoms with Gasteiger partial charge in [-0.1, -0.05) is 18.2 Å². The maximum atomic E-state index is 5.39. The van der Waals surface area contributed by atoms with Gasteiger partial charge in [0, 0.05) is 12.2 Å². The first-order valence-corrected chi connectivity index (χ1v) is 7.19. The molecule has 0 aromatic heterocycles. The molecule has 0 radical (unpaired) electrons. The van der Waals surface area contributed by atoms with Crippen LogP contribution in [-0.4, -0.2) is 21.3 Å². The molecule has 118 valence electrons. The van der Waals surface area contributed by atoms with Crippen LogP contribution in [0.15, 0.2) is 30.3 Å². The summed E-state index contributed by atoms with van der Waals surface area (Å²) in [5.74, 6) is 1.95. The van der Waals surface area contributed by atoms with Crippen LogP contribution >= 0.6 is 0 Å². The molecule has 4 nitrogen and oxygen atoms in total. The van der Waals surface area contributed by atoms with Gasteiger partial charge in [0.1, 0.15) is 0 Å². The molecule has 1 N–H and O–H groups in total. The van der Waals surface area contributed by atoms with Gasteiger partial charge in [0.25, 0.3) is 0 Å². The third-order valence-electron chi connectivity index (χ3n) is 3.67. The van der Waals surface area contributed by atoms with Gasteiger partial charge in [0.2, 0.25) is 5.75 Å². The molecule has 2 aromatic rings. The van der Waals surface area contributed by atoms with Crippen LogP contribution in [0.4, 0.5) is 5.69 Å². The van der Waals surface area contributed by atoms with E-state index in [-0.39, 0.29) is 0 Å². The molecule has 0 spiro atoms. The van der Waals surface area contributed by atoms with Crippen molar-refractivity contribution >= 4 is 5.69 Å². The predicted octanol–water partition coefficient (Wildman–Crippen LogP) is 3.94. The first-order valence-electron chi connectivity index (χ1n) is 7.19. The monoisotopic (exact) mass is 301 g/mol. The fraction of sp³-hybridized carbons (Fsp3) is 0.333. The topological polar surface area (TPSA) is 39.7 Å². The Morgan fingerprint density at radius 2 is 1.41 bits per heavy atom. The van der Waals surface area contributed by atoms with E-state index in [2.05, 4.69) is 37.4 Å². The van der Waals surface area contributed by atoms with Crippen molar-refractivity contribution in [2.75, 3.05) is 26.6 Å². The maximum Gasteiger partial charge on any atom is 0.203 e. The zero-order valence-corrected chi connectivity index (χ0v) is 13.8. The lowest BCUT2D eigenvalue weighted by Crippen LogP contribution is -2.04. The van der Waals surface area contributed by atoms with E-state index in [0.29, 0.717) is 23.8 Å². The normalized spacial score (nSPS) is 10.2. The van der Waals surface area contributed by atoms with E-state index in [0.717, 1.165) is 11.3 Å². The molecule has 0 aliphatic rings. The molecule has 0 unspecified atom stereocenters. The number of rotatable bonds is 6. The molecule has 0 heterocycles. The van der Waals surface area contributed by atoms with Gasteiger partial charge >= 0.3 is 0 Å². The first kappa shape index (κ1) is 16.0. The van der Waals surface area contributed by atoms with E-state index in [1.807, 2.05) is 12.1 Å². The number of anilines is 1. The molecule has 0 bridgehead atoms. The van der Waals surface area contributed by atoms with Gasteiger partial charge in [-0.15, -0.1) is 0 Å². The Morgan fingerprint density at radius 1 is 0.864 bits per heavy atom. The summed E-state index contributed by atoms with van der Waals surface area (Å²) in [5.41, 5.74) is 4.69. The minimum atomic E-state index is 0.612. The van der Waals surface area contributed by atoms with Crippen molar-refractivity contribution in [3.8, 4) is 17.2 Å². The van der Waals surface area contributed by atoms with Gasteiger partial charge in [-0.2, -0.15) is 0 Å². The fourth-order valence-corrected chi connectivity index (χ4v) is 2.52. The van der Waals surface area contributed by atoms with E-state index in [1.165, 1.54) is 11.1 Å². The summed E-state index contributed by atoms with van der Waals surface area (Å²) in [5, 5.41) is 3.49. The summed E-state index contributed by atoms with van der Waals surface area (Å²) in [6.07, 6.45) is 0. The van der Waals surface area contributed by atoms with E-state index >= 15 is 0 Å². The molecular formula is C18H23NO3. The summed E-state index contributed by atoms with van der Waals surface area (Å²) in [7, 11) is 4.86. The third kappa shape index (κ3) is 3.27. The van der Waals surface area contributed by atoms with Gasteiger partial charge in [-0.05, 0) is 42.7 Å². The van der Waals surface area contributed by atoms with Crippen LogP contribution in [0.5, 0.6) is 17.2 Å². The smallest absolute Gasteiger partial charge is 0.203 e. The van der Waals surface area contributed by atoms with Crippen LogP contribution in [0.3, 0.4) is 0 Å². The van der Waals surface area contributed by atoms with Crippen molar-refractivity contribution in [1.29, 1.82) is 0 Å². The van der Waals surface area contributed by atoms with Crippen LogP contribution < -0.4 is 19.5 Å². The molecule has 2 rings (SSSR count). The minimum Gasteiger partial charge on any atom is -0.493 e. The second kappa shape index (κ2) is 7.07. The van der Waals surface area contributed by atoms with Gasteiger partial charge in [-0.3, -0.25) is 0 Å². The third-order valence-corrected chi connectivity index (χ3v) is 3.67. The summed E-state index contributed by atoms with van der Waals surface area (Å²) in [4.78, 5) is 0. The highest BCUT2D eigenvalue weighted by Gasteiger charge is 2.13. The first-order chi connectivity index (χ1) is 10.6. The highest BCUT2D eigenvalue weighted by atomic mass is 16.5. The summed E-state index contributed by atoms with van der Waals surface area (Å²) in [6, 6.07) is 10.2. The molecule has 0 amide bonds. The number of para-hydroxylation sites is 1. The van der Waals surface area contributed by atoms with Crippen LogP contribution in [0.2, 0.25) is 0 Å². The number of nitrogens with one attached hydrogen (secondary N) is 1. The highest BCUT2D eigenvalue weighted by molar-refractivity contribution is 5.58. The number of hydrogen-bond acceptors (Lipinski definition) is 4. The molecule has 0 aliphatic carbocycles. The zero-order chi connectivity index (χ0) is 16.1. The Bertz CT molecular complexity index is 608. The van der Waals surface area contributed by atoms with Crippen LogP contribution in [-0.2, 0) is 6.54 Å². The maximum absolute atomic E-state index is 5.39. The van der Waals surface area contributed by atoms with E-state index in [1.54, 1.807) is 21.3 Å². The number of benzene rings is 2. The number of methoxy groups -OCH3 is 3. The van der Waals surface area contributed by atoms with Gasteiger partial charge in [-0.25, -0.2) is 0 Å². The largest absolute Gasteiger partial charge is 0.493 e. The Labute approximate surface area is 132 Å². The average Bonchev–Trinajstić information content (AvgIpc) is 2.53. The van der Waals surface area contributed by atoms with E-state index < -0.39 is 0 Å². The van der Waals surface area contributed by atoms with Crippen LogP contribution in [0, 0.1) is 13.8 Å². The lowest BCUT2D eigenvalue weighted by Gasteiger charge is -2.16. The standard InChI is InChI=1S/C18H23NO3/c1-12-7-6-8-13(2)17(12)19-11-14-9-15(20-3)18(22-5)16(10-14)21-4/h6-10,19H,11H2,1-5H3. The van der Waals surface area contributed by atoms with Gasteiger partial charge in [0.15, 0.2) is 11.5 Å². The van der Waals surface area contributed by atoms with Crippen molar-refractivity contribution in [3.63, 3.8) is 0 Å².